The lowest BCUT2D eigenvalue weighted by atomic mass is 10.2. The van der Waals surface area contributed by atoms with Gasteiger partial charge in [0.1, 0.15) is 29.0 Å². The van der Waals surface area contributed by atoms with Crippen molar-refractivity contribution in [3.05, 3.63) is 42.2 Å². The molecule has 2 amide bonds. The molecule has 3 rings (SSSR count). The molecule has 2 heterocycles. The minimum absolute atomic E-state index is 0.0958. The third-order valence-corrected chi connectivity index (χ3v) is 4.00. The Labute approximate surface area is 157 Å². The van der Waals surface area contributed by atoms with Crippen LogP contribution in [0.25, 0.3) is 0 Å². The number of aromatic nitrogens is 1. The molecule has 2 N–H and O–H groups in total. The van der Waals surface area contributed by atoms with E-state index in [1.807, 2.05) is 0 Å². The first-order chi connectivity index (χ1) is 13.3. The number of pyridine rings is 1. The van der Waals surface area contributed by atoms with Crippen LogP contribution in [0.5, 0.6) is 17.2 Å². The van der Waals surface area contributed by atoms with E-state index in [-0.39, 0.29) is 23.8 Å². The number of alkyl halides is 3. The summed E-state index contributed by atoms with van der Waals surface area (Å²) in [6.07, 6.45) is -2.91. The molecule has 1 aliphatic heterocycles. The van der Waals surface area contributed by atoms with Gasteiger partial charge in [0.15, 0.2) is 0 Å². The number of methoxy groups -OCH3 is 1. The van der Waals surface area contributed by atoms with E-state index >= 15 is 0 Å². The number of carbonyl (C=O) groups is 2. The normalized spacial score (nSPS) is 16.4. The van der Waals surface area contributed by atoms with Crippen LogP contribution in [0.2, 0.25) is 0 Å². The number of ether oxygens (including phenoxy) is 2. The van der Waals surface area contributed by atoms with Crippen LogP contribution in [-0.2, 0) is 15.8 Å². The van der Waals surface area contributed by atoms with Crippen LogP contribution in [-0.4, -0.2) is 29.9 Å². The van der Waals surface area contributed by atoms with Gasteiger partial charge in [0, 0.05) is 12.5 Å². The average molecular weight is 395 g/mol. The van der Waals surface area contributed by atoms with Crippen LogP contribution in [0, 0.1) is 0 Å². The Hall–Kier alpha value is -3.30. The molecule has 28 heavy (non-hydrogen) atoms. The number of benzene rings is 1. The molecule has 0 saturated carbocycles. The predicted octanol–water partition coefficient (Wildman–Crippen LogP) is 3.12. The van der Waals surface area contributed by atoms with Crippen molar-refractivity contribution in [2.24, 2.45) is 0 Å². The van der Waals surface area contributed by atoms with Gasteiger partial charge in [-0.3, -0.25) is 9.59 Å². The molecule has 10 heteroatoms. The maximum Gasteiger partial charge on any atom is 0.433 e. The van der Waals surface area contributed by atoms with E-state index in [1.54, 1.807) is 0 Å². The van der Waals surface area contributed by atoms with Gasteiger partial charge in [0.25, 0.3) is 0 Å². The molecule has 1 saturated heterocycles. The summed E-state index contributed by atoms with van der Waals surface area (Å²) in [5.74, 6) is 0.110. The summed E-state index contributed by atoms with van der Waals surface area (Å²) < 4.78 is 48.4. The van der Waals surface area contributed by atoms with Gasteiger partial charge in [-0.15, -0.1) is 0 Å². The molecule has 0 radical (unpaired) electrons. The molecule has 2 aromatic rings. The molecule has 1 unspecified atom stereocenters. The zero-order valence-corrected chi connectivity index (χ0v) is 14.7. The van der Waals surface area contributed by atoms with Gasteiger partial charge in [-0.1, -0.05) is 0 Å². The van der Waals surface area contributed by atoms with E-state index in [2.05, 4.69) is 15.6 Å². The second-order valence-corrected chi connectivity index (χ2v) is 5.99. The van der Waals surface area contributed by atoms with Gasteiger partial charge >= 0.3 is 6.18 Å². The van der Waals surface area contributed by atoms with Crippen LogP contribution in [0.3, 0.4) is 0 Å². The topological polar surface area (TPSA) is 89.6 Å². The largest absolute Gasteiger partial charge is 0.495 e. The second kappa shape index (κ2) is 7.75. The summed E-state index contributed by atoms with van der Waals surface area (Å²) in [6.45, 7) is 0. The molecule has 7 nitrogen and oxygen atoms in total. The standard InChI is InChI=1S/C18H16F3N3O4/c1-27-14-5-2-10(28-11-3-6-15(22-9-11)18(19,20)21)8-13(14)24-17(26)12-4-7-16(25)23-12/h2-3,5-6,8-9,12H,4,7H2,1H3,(H,23,25)(H,24,26). The van der Waals surface area contributed by atoms with Crippen molar-refractivity contribution < 1.29 is 32.2 Å². The molecular weight excluding hydrogens is 379 g/mol. The highest BCUT2D eigenvalue weighted by Crippen LogP contribution is 2.33. The number of anilines is 1. The molecule has 1 aliphatic rings. The highest BCUT2D eigenvalue weighted by molar-refractivity contribution is 6.00. The SMILES string of the molecule is COc1ccc(Oc2ccc(C(F)(F)F)nc2)cc1NC(=O)C1CCC(=O)N1. The van der Waals surface area contributed by atoms with E-state index < -0.39 is 23.8 Å². The zero-order chi connectivity index (χ0) is 20.3. The summed E-state index contributed by atoms with van der Waals surface area (Å²) in [6, 6.07) is 5.85. The van der Waals surface area contributed by atoms with E-state index in [4.69, 9.17) is 9.47 Å². The molecule has 1 aromatic heterocycles. The van der Waals surface area contributed by atoms with Crippen molar-refractivity contribution >= 4 is 17.5 Å². The van der Waals surface area contributed by atoms with Crippen LogP contribution >= 0.6 is 0 Å². The van der Waals surface area contributed by atoms with E-state index in [0.29, 0.717) is 17.9 Å². The summed E-state index contributed by atoms with van der Waals surface area (Å²) in [5.41, 5.74) is -0.729. The first-order valence-electron chi connectivity index (χ1n) is 8.25. The monoisotopic (exact) mass is 395 g/mol. The Morgan fingerprint density at radius 1 is 1.25 bits per heavy atom. The summed E-state index contributed by atoms with van der Waals surface area (Å²) in [5, 5.41) is 5.22. The molecule has 1 aromatic carbocycles. The lowest BCUT2D eigenvalue weighted by molar-refractivity contribution is -0.141. The van der Waals surface area contributed by atoms with E-state index in [9.17, 15) is 22.8 Å². The number of hydrogen-bond donors (Lipinski definition) is 2. The summed E-state index contributed by atoms with van der Waals surface area (Å²) >= 11 is 0. The summed E-state index contributed by atoms with van der Waals surface area (Å²) in [7, 11) is 1.42. The Bertz CT molecular complexity index is 885. The first kappa shape index (κ1) is 19.5. The smallest absolute Gasteiger partial charge is 0.433 e. The van der Waals surface area contributed by atoms with Gasteiger partial charge in [-0.25, -0.2) is 4.98 Å². The van der Waals surface area contributed by atoms with Crippen molar-refractivity contribution in [1.82, 2.24) is 10.3 Å². The maximum absolute atomic E-state index is 12.6. The number of hydrogen-bond acceptors (Lipinski definition) is 5. The van der Waals surface area contributed by atoms with Gasteiger partial charge in [-0.05, 0) is 30.7 Å². The fraction of sp³-hybridized carbons (Fsp3) is 0.278. The van der Waals surface area contributed by atoms with Crippen LogP contribution < -0.4 is 20.1 Å². The van der Waals surface area contributed by atoms with Gasteiger partial charge in [-0.2, -0.15) is 13.2 Å². The number of nitrogens with one attached hydrogen (secondary N) is 2. The fourth-order valence-electron chi connectivity index (χ4n) is 2.62. The maximum atomic E-state index is 12.6. The minimum atomic E-state index is -4.54. The number of halogens is 3. The van der Waals surface area contributed by atoms with Crippen molar-refractivity contribution in [2.75, 3.05) is 12.4 Å². The Morgan fingerprint density at radius 3 is 2.57 bits per heavy atom. The van der Waals surface area contributed by atoms with Crippen molar-refractivity contribution in [3.63, 3.8) is 0 Å². The minimum Gasteiger partial charge on any atom is -0.495 e. The quantitative estimate of drug-likeness (QED) is 0.812. The Kier molecular flexibility index (Phi) is 5.39. The van der Waals surface area contributed by atoms with Crippen molar-refractivity contribution in [3.8, 4) is 17.2 Å². The Balaban J connectivity index is 1.75. The lowest BCUT2D eigenvalue weighted by Crippen LogP contribution is -2.37. The fourth-order valence-corrected chi connectivity index (χ4v) is 2.62. The lowest BCUT2D eigenvalue weighted by Gasteiger charge is -2.15. The first-order valence-corrected chi connectivity index (χ1v) is 8.25. The van der Waals surface area contributed by atoms with Gasteiger partial charge in [0.2, 0.25) is 11.8 Å². The average Bonchev–Trinajstić information content (AvgIpc) is 3.08. The number of amides is 2. The summed E-state index contributed by atoms with van der Waals surface area (Å²) in [4.78, 5) is 26.9. The molecular formula is C18H16F3N3O4. The Morgan fingerprint density at radius 2 is 2.00 bits per heavy atom. The zero-order valence-electron chi connectivity index (χ0n) is 14.7. The van der Waals surface area contributed by atoms with Gasteiger partial charge in [0.05, 0.1) is 19.0 Å². The van der Waals surface area contributed by atoms with E-state index in [0.717, 1.165) is 18.3 Å². The highest BCUT2D eigenvalue weighted by Gasteiger charge is 2.32. The number of nitrogens with zero attached hydrogens (tertiary/aromatic N) is 1. The molecule has 1 atom stereocenters. The molecule has 148 valence electrons. The van der Waals surface area contributed by atoms with Crippen LogP contribution in [0.4, 0.5) is 18.9 Å². The third kappa shape index (κ3) is 4.51. The molecule has 1 fully saturated rings. The van der Waals surface area contributed by atoms with E-state index in [1.165, 1.54) is 25.3 Å². The number of rotatable bonds is 5. The van der Waals surface area contributed by atoms with Crippen LogP contribution in [0.15, 0.2) is 36.5 Å². The molecule has 0 aliphatic carbocycles. The molecule has 0 bridgehead atoms. The molecule has 0 spiro atoms. The van der Waals surface area contributed by atoms with Crippen molar-refractivity contribution in [1.29, 1.82) is 0 Å². The number of carbonyl (C=O) groups excluding carboxylic acids is 2. The second-order valence-electron chi connectivity index (χ2n) is 5.99. The predicted molar refractivity (Wildman–Crippen MR) is 92.1 cm³/mol. The van der Waals surface area contributed by atoms with Gasteiger partial charge < -0.3 is 20.1 Å². The van der Waals surface area contributed by atoms with Crippen molar-refractivity contribution in [2.45, 2.75) is 25.1 Å². The van der Waals surface area contributed by atoms with Crippen LogP contribution in [0.1, 0.15) is 18.5 Å². The highest BCUT2D eigenvalue weighted by atomic mass is 19.4. The third-order valence-electron chi connectivity index (χ3n) is 4.00.